The summed E-state index contributed by atoms with van der Waals surface area (Å²) >= 11 is 0. The number of nitrogens with zero attached hydrogens (tertiary/aromatic N) is 1. The van der Waals surface area contributed by atoms with Crippen LogP contribution in [0.4, 0.5) is 5.69 Å². The Kier molecular flexibility index (Phi) is 5.71. The van der Waals surface area contributed by atoms with Gasteiger partial charge < -0.3 is 15.3 Å². The highest BCUT2D eigenvalue weighted by Crippen LogP contribution is 2.20. The van der Waals surface area contributed by atoms with Crippen LogP contribution in [0.3, 0.4) is 0 Å². The lowest BCUT2D eigenvalue weighted by molar-refractivity contribution is 0.0951. The highest BCUT2D eigenvalue weighted by molar-refractivity contribution is 5.94. The first kappa shape index (κ1) is 17.5. The van der Waals surface area contributed by atoms with Crippen LogP contribution in [0, 0.1) is 0 Å². The molecule has 2 aromatic carbocycles. The third-order valence-electron chi connectivity index (χ3n) is 4.90. The fourth-order valence-corrected chi connectivity index (χ4v) is 3.30. The Morgan fingerprint density at radius 3 is 2.36 bits per heavy atom. The Hall–Kier alpha value is -2.33. The van der Waals surface area contributed by atoms with Crippen LogP contribution < -0.4 is 10.2 Å². The Labute approximate surface area is 149 Å². The second-order valence-electron chi connectivity index (χ2n) is 6.57. The number of aryl methyl sites for hydroxylation is 1. The molecule has 0 radical (unpaired) electrons. The molecule has 1 heterocycles. The van der Waals surface area contributed by atoms with E-state index >= 15 is 0 Å². The van der Waals surface area contributed by atoms with Crippen molar-refractivity contribution in [3.8, 4) is 0 Å². The predicted octanol–water partition coefficient (Wildman–Crippen LogP) is 3.14. The topological polar surface area (TPSA) is 52.6 Å². The summed E-state index contributed by atoms with van der Waals surface area (Å²) < 4.78 is 0. The van der Waals surface area contributed by atoms with Crippen molar-refractivity contribution >= 4 is 11.6 Å². The molecule has 3 rings (SSSR count). The quantitative estimate of drug-likeness (QED) is 0.881. The van der Waals surface area contributed by atoms with Crippen molar-refractivity contribution < 1.29 is 9.90 Å². The molecule has 1 aliphatic rings. The smallest absolute Gasteiger partial charge is 0.251 e. The molecule has 0 atom stereocenters. The highest BCUT2D eigenvalue weighted by atomic mass is 16.3. The van der Waals surface area contributed by atoms with E-state index in [1.54, 1.807) is 0 Å². The largest absolute Gasteiger partial charge is 0.393 e. The van der Waals surface area contributed by atoms with Crippen LogP contribution in [-0.4, -0.2) is 30.2 Å². The van der Waals surface area contributed by atoms with Gasteiger partial charge in [-0.1, -0.05) is 31.2 Å². The fraction of sp³-hybridized carbons (Fsp3) is 0.381. The maximum Gasteiger partial charge on any atom is 0.251 e. The number of aliphatic hydroxyl groups excluding tert-OH is 1. The molecule has 2 aromatic rings. The van der Waals surface area contributed by atoms with Gasteiger partial charge in [0.15, 0.2) is 0 Å². The average Bonchev–Trinajstić information content (AvgIpc) is 2.67. The highest BCUT2D eigenvalue weighted by Gasteiger charge is 2.17. The monoisotopic (exact) mass is 338 g/mol. The van der Waals surface area contributed by atoms with Crippen molar-refractivity contribution in [1.29, 1.82) is 0 Å². The lowest BCUT2D eigenvalue weighted by atomic mass is 10.1. The summed E-state index contributed by atoms with van der Waals surface area (Å²) in [5.41, 5.74) is 4.22. The molecule has 4 nitrogen and oxygen atoms in total. The average molecular weight is 338 g/mol. The molecule has 1 fully saturated rings. The number of carbonyl (C=O) groups excluding carboxylic acids is 1. The van der Waals surface area contributed by atoms with Gasteiger partial charge in [0.25, 0.3) is 5.91 Å². The van der Waals surface area contributed by atoms with E-state index in [1.807, 2.05) is 36.4 Å². The van der Waals surface area contributed by atoms with Crippen LogP contribution in [-0.2, 0) is 13.0 Å². The molecule has 1 aliphatic heterocycles. The van der Waals surface area contributed by atoms with Gasteiger partial charge in [-0.05, 0) is 54.7 Å². The molecule has 0 saturated carbocycles. The molecule has 1 saturated heterocycles. The number of nitrogens with one attached hydrogen (secondary N) is 1. The van der Waals surface area contributed by atoms with E-state index in [4.69, 9.17) is 0 Å². The van der Waals surface area contributed by atoms with Gasteiger partial charge in [-0.25, -0.2) is 0 Å². The Balaban J connectivity index is 1.59. The first-order valence-corrected chi connectivity index (χ1v) is 9.05. The third-order valence-corrected chi connectivity index (χ3v) is 4.90. The Morgan fingerprint density at radius 2 is 1.72 bits per heavy atom. The number of benzene rings is 2. The zero-order valence-electron chi connectivity index (χ0n) is 14.7. The molecule has 0 bridgehead atoms. The van der Waals surface area contributed by atoms with E-state index in [0.29, 0.717) is 12.1 Å². The lowest BCUT2D eigenvalue weighted by Gasteiger charge is -2.31. The molecular formula is C21H26N2O2. The second-order valence-corrected chi connectivity index (χ2v) is 6.57. The first-order valence-electron chi connectivity index (χ1n) is 9.05. The van der Waals surface area contributed by atoms with Crippen molar-refractivity contribution in [2.75, 3.05) is 18.0 Å². The zero-order valence-corrected chi connectivity index (χ0v) is 14.7. The number of hydrogen-bond donors (Lipinski definition) is 2. The van der Waals surface area contributed by atoms with E-state index < -0.39 is 0 Å². The van der Waals surface area contributed by atoms with Gasteiger partial charge in [0.05, 0.1) is 6.10 Å². The molecule has 4 heteroatoms. The maximum atomic E-state index is 12.4. The van der Waals surface area contributed by atoms with Crippen LogP contribution >= 0.6 is 0 Å². The lowest BCUT2D eigenvalue weighted by Crippen LogP contribution is -2.35. The van der Waals surface area contributed by atoms with Crippen molar-refractivity contribution in [1.82, 2.24) is 5.32 Å². The van der Waals surface area contributed by atoms with Gasteiger partial charge in [0.1, 0.15) is 0 Å². The van der Waals surface area contributed by atoms with Gasteiger partial charge in [-0.15, -0.1) is 0 Å². The van der Waals surface area contributed by atoms with Crippen LogP contribution in [0.25, 0.3) is 0 Å². The van der Waals surface area contributed by atoms with Crippen molar-refractivity contribution in [3.63, 3.8) is 0 Å². The summed E-state index contributed by atoms with van der Waals surface area (Å²) in [6.07, 6.45) is 2.40. The van der Waals surface area contributed by atoms with Crippen molar-refractivity contribution in [3.05, 3.63) is 65.2 Å². The maximum absolute atomic E-state index is 12.4. The third kappa shape index (κ3) is 4.40. The van der Waals surface area contributed by atoms with Crippen molar-refractivity contribution in [2.24, 2.45) is 0 Å². The summed E-state index contributed by atoms with van der Waals surface area (Å²) in [6, 6.07) is 15.9. The van der Waals surface area contributed by atoms with Crippen LogP contribution in [0.1, 0.15) is 41.3 Å². The summed E-state index contributed by atoms with van der Waals surface area (Å²) in [6.45, 7) is 4.40. The predicted molar refractivity (Wildman–Crippen MR) is 101 cm³/mol. The first-order chi connectivity index (χ1) is 12.2. The minimum absolute atomic E-state index is 0.0495. The fourth-order valence-electron chi connectivity index (χ4n) is 3.30. The summed E-state index contributed by atoms with van der Waals surface area (Å²) in [5, 5.41) is 12.6. The van der Waals surface area contributed by atoms with Gasteiger partial charge in [-0.3, -0.25) is 4.79 Å². The molecule has 0 aliphatic carbocycles. The van der Waals surface area contributed by atoms with Crippen LogP contribution in [0.15, 0.2) is 48.5 Å². The molecule has 2 N–H and O–H groups in total. The van der Waals surface area contributed by atoms with Gasteiger partial charge in [0, 0.05) is 30.9 Å². The van der Waals surface area contributed by atoms with Gasteiger partial charge in [0.2, 0.25) is 0 Å². The summed E-state index contributed by atoms with van der Waals surface area (Å²) in [5.74, 6) is -0.0495. The minimum Gasteiger partial charge on any atom is -0.393 e. The van der Waals surface area contributed by atoms with Crippen molar-refractivity contribution in [2.45, 2.75) is 38.8 Å². The standard InChI is InChI=1S/C21H26N2O2/c1-2-16-5-3-4-6-18(16)15-22-21(25)17-7-9-19(10-8-17)23-13-11-20(24)12-14-23/h3-10,20,24H,2,11-15H2,1H3,(H,22,25). The molecule has 25 heavy (non-hydrogen) atoms. The number of piperidine rings is 1. The summed E-state index contributed by atoms with van der Waals surface area (Å²) in [7, 11) is 0. The van der Waals surface area contributed by atoms with Gasteiger partial charge in [-0.2, -0.15) is 0 Å². The second kappa shape index (κ2) is 8.17. The normalized spacial score (nSPS) is 15.2. The van der Waals surface area contributed by atoms with E-state index in [0.717, 1.165) is 38.0 Å². The van der Waals surface area contributed by atoms with E-state index in [-0.39, 0.29) is 12.0 Å². The Morgan fingerprint density at radius 1 is 1.08 bits per heavy atom. The molecule has 0 aromatic heterocycles. The van der Waals surface area contributed by atoms with E-state index in [1.165, 1.54) is 11.1 Å². The number of hydrogen-bond acceptors (Lipinski definition) is 3. The SMILES string of the molecule is CCc1ccccc1CNC(=O)c1ccc(N2CCC(O)CC2)cc1. The molecule has 0 unspecified atom stereocenters. The number of anilines is 1. The van der Waals surface area contributed by atoms with Crippen LogP contribution in [0.2, 0.25) is 0 Å². The molecule has 0 spiro atoms. The number of rotatable bonds is 5. The van der Waals surface area contributed by atoms with Gasteiger partial charge >= 0.3 is 0 Å². The number of amides is 1. The minimum atomic E-state index is -0.174. The molecular weight excluding hydrogens is 312 g/mol. The number of aliphatic hydroxyl groups is 1. The summed E-state index contributed by atoms with van der Waals surface area (Å²) in [4.78, 5) is 14.6. The zero-order chi connectivity index (χ0) is 17.6. The molecule has 132 valence electrons. The Bertz CT molecular complexity index is 704. The van der Waals surface area contributed by atoms with E-state index in [9.17, 15) is 9.90 Å². The molecule has 1 amide bonds. The van der Waals surface area contributed by atoms with E-state index in [2.05, 4.69) is 29.3 Å². The van der Waals surface area contributed by atoms with Crippen LogP contribution in [0.5, 0.6) is 0 Å². The number of carbonyl (C=O) groups is 1.